The Morgan fingerprint density at radius 3 is 2.55 bits per heavy atom. The monoisotopic (exact) mass is 322 g/mol. The first-order chi connectivity index (χ1) is 10.5. The van der Waals surface area contributed by atoms with Crippen LogP contribution >= 0.6 is 11.6 Å². The zero-order valence-electron chi connectivity index (χ0n) is 11.6. The van der Waals surface area contributed by atoms with E-state index in [0.29, 0.717) is 5.56 Å². The van der Waals surface area contributed by atoms with E-state index >= 15 is 0 Å². The number of benzene rings is 2. The second kappa shape index (κ2) is 7.22. The lowest BCUT2D eigenvalue weighted by molar-refractivity contribution is -0.385. The first-order valence-electron chi connectivity index (χ1n) is 6.58. The highest BCUT2D eigenvalue weighted by Gasteiger charge is 2.19. The molecule has 2 rings (SSSR count). The molecule has 7 heteroatoms. The number of phenols is 1. The van der Waals surface area contributed by atoms with Gasteiger partial charge < -0.3 is 15.5 Å². The molecule has 0 heterocycles. The highest BCUT2D eigenvalue weighted by Crippen LogP contribution is 2.33. The second-order valence-electron chi connectivity index (χ2n) is 4.72. The van der Waals surface area contributed by atoms with E-state index in [1.807, 2.05) is 30.3 Å². The lowest BCUT2D eigenvalue weighted by atomic mass is 10.1. The number of hydrogen-bond donors (Lipinski definition) is 3. The topological polar surface area (TPSA) is 95.6 Å². The van der Waals surface area contributed by atoms with Crippen molar-refractivity contribution in [2.24, 2.45) is 0 Å². The van der Waals surface area contributed by atoms with Gasteiger partial charge in [-0.15, -0.1) is 0 Å². The summed E-state index contributed by atoms with van der Waals surface area (Å²) in [5, 5.41) is 33.5. The summed E-state index contributed by atoms with van der Waals surface area (Å²) in [6.07, 6.45) is 0. The number of phenolic OH excluding ortho intramolecular Hbond substituents is 1. The van der Waals surface area contributed by atoms with Crippen molar-refractivity contribution in [1.82, 2.24) is 5.32 Å². The summed E-state index contributed by atoms with van der Waals surface area (Å²) in [4.78, 5) is 10.2. The Morgan fingerprint density at radius 2 is 1.95 bits per heavy atom. The van der Waals surface area contributed by atoms with Crippen molar-refractivity contribution in [3.63, 3.8) is 0 Å². The Hall–Kier alpha value is -2.15. The van der Waals surface area contributed by atoms with Gasteiger partial charge in [0.05, 0.1) is 17.6 Å². The smallest absolute Gasteiger partial charge is 0.312 e. The molecule has 116 valence electrons. The van der Waals surface area contributed by atoms with Gasteiger partial charge in [-0.05, 0) is 11.6 Å². The molecule has 6 nitrogen and oxygen atoms in total. The van der Waals surface area contributed by atoms with Crippen molar-refractivity contribution in [1.29, 1.82) is 0 Å². The van der Waals surface area contributed by atoms with Crippen LogP contribution in [0.4, 0.5) is 5.69 Å². The van der Waals surface area contributed by atoms with Crippen LogP contribution in [-0.2, 0) is 6.54 Å². The Bertz CT molecular complexity index is 664. The molecule has 0 aliphatic carbocycles. The number of aliphatic hydroxyl groups excluding tert-OH is 1. The highest BCUT2D eigenvalue weighted by atomic mass is 35.5. The van der Waals surface area contributed by atoms with Gasteiger partial charge in [-0.1, -0.05) is 41.9 Å². The molecule has 0 bridgehead atoms. The predicted octanol–water partition coefficient (Wildman–Crippen LogP) is 2.78. The van der Waals surface area contributed by atoms with Gasteiger partial charge in [0.15, 0.2) is 5.75 Å². The molecule has 0 amide bonds. The molecule has 2 aromatic carbocycles. The number of nitro groups is 1. The highest BCUT2D eigenvalue weighted by molar-refractivity contribution is 6.31. The normalized spacial score (nSPS) is 12.1. The Labute approximate surface area is 132 Å². The molecule has 3 N–H and O–H groups in total. The van der Waals surface area contributed by atoms with Crippen molar-refractivity contribution in [3.05, 3.63) is 68.7 Å². The first-order valence-corrected chi connectivity index (χ1v) is 6.95. The Kier molecular flexibility index (Phi) is 5.32. The van der Waals surface area contributed by atoms with E-state index in [-0.39, 0.29) is 24.2 Å². The van der Waals surface area contributed by atoms with Crippen molar-refractivity contribution < 1.29 is 15.1 Å². The van der Waals surface area contributed by atoms with E-state index < -0.39 is 16.4 Å². The molecule has 0 fully saturated rings. The Morgan fingerprint density at radius 1 is 1.27 bits per heavy atom. The predicted molar refractivity (Wildman–Crippen MR) is 82.9 cm³/mol. The fourth-order valence-electron chi connectivity index (χ4n) is 2.12. The van der Waals surface area contributed by atoms with Crippen LogP contribution in [0.2, 0.25) is 5.02 Å². The van der Waals surface area contributed by atoms with Crippen LogP contribution in [0.3, 0.4) is 0 Å². The van der Waals surface area contributed by atoms with Crippen molar-refractivity contribution in [2.45, 2.75) is 12.6 Å². The van der Waals surface area contributed by atoms with Crippen molar-refractivity contribution in [3.8, 4) is 5.75 Å². The first kappa shape index (κ1) is 16.2. The molecular formula is C15H15ClN2O4. The summed E-state index contributed by atoms with van der Waals surface area (Å²) in [7, 11) is 0. The van der Waals surface area contributed by atoms with Gasteiger partial charge in [0.1, 0.15) is 0 Å². The average Bonchev–Trinajstić information content (AvgIpc) is 2.51. The van der Waals surface area contributed by atoms with E-state index in [9.17, 15) is 20.3 Å². The van der Waals surface area contributed by atoms with E-state index in [1.54, 1.807) is 0 Å². The molecule has 0 saturated carbocycles. The maximum atomic E-state index is 10.9. The van der Waals surface area contributed by atoms with Crippen molar-refractivity contribution >= 4 is 17.3 Å². The average molecular weight is 323 g/mol. The van der Waals surface area contributed by atoms with E-state index in [1.165, 1.54) is 6.07 Å². The summed E-state index contributed by atoms with van der Waals surface area (Å²) in [6, 6.07) is 11.5. The molecule has 22 heavy (non-hydrogen) atoms. The molecule has 0 radical (unpaired) electrons. The minimum Gasteiger partial charge on any atom is -0.502 e. The van der Waals surface area contributed by atoms with Gasteiger partial charge in [-0.3, -0.25) is 10.1 Å². The number of aromatic hydroxyl groups is 1. The van der Waals surface area contributed by atoms with Crippen LogP contribution in [0.5, 0.6) is 5.75 Å². The number of halogens is 1. The van der Waals surface area contributed by atoms with Gasteiger partial charge in [0, 0.05) is 23.2 Å². The van der Waals surface area contributed by atoms with Crippen LogP contribution < -0.4 is 5.32 Å². The Balaban J connectivity index is 2.19. The fourth-order valence-corrected chi connectivity index (χ4v) is 2.36. The molecule has 1 atom stereocenters. The number of aliphatic hydroxyl groups is 1. The summed E-state index contributed by atoms with van der Waals surface area (Å²) in [5.41, 5.74) is 0.735. The van der Waals surface area contributed by atoms with Gasteiger partial charge in [-0.25, -0.2) is 0 Å². The van der Waals surface area contributed by atoms with Gasteiger partial charge in [0.25, 0.3) is 0 Å². The van der Waals surface area contributed by atoms with E-state index in [2.05, 4.69) is 5.32 Å². The lowest BCUT2D eigenvalue weighted by Crippen LogP contribution is -2.24. The molecule has 0 spiro atoms. The van der Waals surface area contributed by atoms with Gasteiger partial charge in [0.2, 0.25) is 0 Å². The standard InChI is InChI=1S/C15H15ClN2O4/c16-12-6-11(15(20)14(7-12)18(21)22)8-17-13(9-19)10-4-2-1-3-5-10/h1-7,13,17,19-20H,8-9H2. The summed E-state index contributed by atoms with van der Waals surface area (Å²) in [5.74, 6) is -0.424. The van der Waals surface area contributed by atoms with Crippen molar-refractivity contribution in [2.75, 3.05) is 6.61 Å². The minimum absolute atomic E-state index is 0.132. The van der Waals surface area contributed by atoms with E-state index in [4.69, 9.17) is 11.6 Å². The number of nitrogens with zero attached hydrogens (tertiary/aromatic N) is 1. The molecule has 0 aromatic heterocycles. The number of nitro benzene ring substituents is 1. The fraction of sp³-hybridized carbons (Fsp3) is 0.200. The molecule has 0 saturated heterocycles. The van der Waals surface area contributed by atoms with Crippen LogP contribution in [0, 0.1) is 10.1 Å². The van der Waals surface area contributed by atoms with Crippen LogP contribution in [0.15, 0.2) is 42.5 Å². The minimum atomic E-state index is -0.689. The quantitative estimate of drug-likeness (QED) is 0.561. The SMILES string of the molecule is O=[N+]([O-])c1cc(Cl)cc(CNC(CO)c2ccccc2)c1O. The zero-order chi connectivity index (χ0) is 16.1. The second-order valence-corrected chi connectivity index (χ2v) is 5.15. The lowest BCUT2D eigenvalue weighted by Gasteiger charge is -2.17. The third-order valence-corrected chi connectivity index (χ3v) is 3.47. The molecule has 2 aromatic rings. The third kappa shape index (κ3) is 3.73. The zero-order valence-corrected chi connectivity index (χ0v) is 12.3. The summed E-state index contributed by atoms with van der Waals surface area (Å²) in [6.45, 7) is -0.0131. The van der Waals surface area contributed by atoms with E-state index in [0.717, 1.165) is 11.6 Å². The molecule has 0 aliphatic heterocycles. The molecule has 0 aliphatic rings. The number of rotatable bonds is 6. The maximum Gasteiger partial charge on any atom is 0.312 e. The maximum absolute atomic E-state index is 10.9. The summed E-state index contributed by atoms with van der Waals surface area (Å²) >= 11 is 5.84. The number of nitrogens with one attached hydrogen (secondary N) is 1. The molecular weight excluding hydrogens is 308 g/mol. The van der Waals surface area contributed by atoms with Crippen LogP contribution in [0.25, 0.3) is 0 Å². The number of hydrogen-bond acceptors (Lipinski definition) is 5. The largest absolute Gasteiger partial charge is 0.502 e. The van der Waals surface area contributed by atoms with Gasteiger partial charge >= 0.3 is 5.69 Å². The van der Waals surface area contributed by atoms with Crippen LogP contribution in [-0.4, -0.2) is 21.7 Å². The summed E-state index contributed by atoms with van der Waals surface area (Å²) < 4.78 is 0. The molecule has 1 unspecified atom stereocenters. The van der Waals surface area contributed by atoms with Gasteiger partial charge in [-0.2, -0.15) is 0 Å². The third-order valence-electron chi connectivity index (χ3n) is 3.25. The van der Waals surface area contributed by atoms with Crippen LogP contribution in [0.1, 0.15) is 17.2 Å².